The lowest BCUT2D eigenvalue weighted by molar-refractivity contribution is 0.112. The molecule has 94 valence electrons. The van der Waals surface area contributed by atoms with Crippen LogP contribution in [0.5, 0.6) is 0 Å². The first kappa shape index (κ1) is 12.1. The van der Waals surface area contributed by atoms with Crippen molar-refractivity contribution in [3.8, 4) is 11.4 Å². The fourth-order valence-electron chi connectivity index (χ4n) is 2.22. The van der Waals surface area contributed by atoms with E-state index in [1.807, 2.05) is 53.9 Å². The van der Waals surface area contributed by atoms with Crippen molar-refractivity contribution in [3.05, 3.63) is 58.3 Å². The maximum Gasteiger partial charge on any atom is 0.170 e. The van der Waals surface area contributed by atoms with Crippen LogP contribution in [-0.2, 0) is 0 Å². The van der Waals surface area contributed by atoms with Crippen molar-refractivity contribution in [2.45, 2.75) is 6.92 Å². The van der Waals surface area contributed by atoms with E-state index in [-0.39, 0.29) is 0 Å². The van der Waals surface area contributed by atoms with E-state index in [0.29, 0.717) is 5.69 Å². The predicted octanol–water partition coefficient (Wildman–Crippen LogP) is 3.88. The van der Waals surface area contributed by atoms with Gasteiger partial charge in [0.1, 0.15) is 11.5 Å². The van der Waals surface area contributed by atoms with Crippen LogP contribution in [0.25, 0.3) is 16.9 Å². The maximum atomic E-state index is 11.2. The van der Waals surface area contributed by atoms with Crippen molar-refractivity contribution < 1.29 is 4.79 Å². The van der Waals surface area contributed by atoms with Gasteiger partial charge in [-0.25, -0.2) is 4.98 Å². The third-order valence-corrected chi connectivity index (χ3v) is 3.78. The van der Waals surface area contributed by atoms with Gasteiger partial charge < -0.3 is 0 Å². The standard InChI is InChI=1S/C15H11BrN2O/c1-10-5-2-3-6-11(10)15-17-13(9-19)14-12(16)7-4-8-18(14)15/h2-9H,1H3. The van der Waals surface area contributed by atoms with E-state index >= 15 is 0 Å². The summed E-state index contributed by atoms with van der Waals surface area (Å²) in [4.78, 5) is 15.7. The highest BCUT2D eigenvalue weighted by Crippen LogP contribution is 2.28. The fraction of sp³-hybridized carbons (Fsp3) is 0.0667. The number of aldehydes is 1. The number of aryl methyl sites for hydroxylation is 1. The van der Waals surface area contributed by atoms with Crippen molar-refractivity contribution in [3.63, 3.8) is 0 Å². The summed E-state index contributed by atoms with van der Waals surface area (Å²) in [5, 5.41) is 0. The smallest absolute Gasteiger partial charge is 0.170 e. The average Bonchev–Trinajstić information content (AvgIpc) is 2.79. The molecule has 3 rings (SSSR count). The summed E-state index contributed by atoms with van der Waals surface area (Å²) in [5.74, 6) is 0.788. The summed E-state index contributed by atoms with van der Waals surface area (Å²) in [6.45, 7) is 2.04. The molecule has 19 heavy (non-hydrogen) atoms. The molecule has 0 aliphatic carbocycles. The average molecular weight is 315 g/mol. The molecule has 4 heteroatoms. The Hall–Kier alpha value is -1.94. The van der Waals surface area contributed by atoms with Crippen LogP contribution < -0.4 is 0 Å². The van der Waals surface area contributed by atoms with Crippen molar-refractivity contribution in [2.75, 3.05) is 0 Å². The number of rotatable bonds is 2. The minimum Gasteiger partial charge on any atom is -0.298 e. The Morgan fingerprint density at radius 3 is 2.74 bits per heavy atom. The molecule has 0 bridgehead atoms. The molecule has 0 saturated heterocycles. The quantitative estimate of drug-likeness (QED) is 0.673. The minimum atomic E-state index is 0.450. The molecule has 0 aliphatic heterocycles. The summed E-state index contributed by atoms with van der Waals surface area (Å²) in [6.07, 6.45) is 2.71. The molecule has 2 heterocycles. The third-order valence-electron chi connectivity index (χ3n) is 3.14. The van der Waals surface area contributed by atoms with E-state index in [0.717, 1.165) is 33.2 Å². The van der Waals surface area contributed by atoms with Crippen molar-refractivity contribution in [1.29, 1.82) is 0 Å². The Morgan fingerprint density at radius 2 is 2.00 bits per heavy atom. The highest BCUT2D eigenvalue weighted by molar-refractivity contribution is 9.10. The normalized spacial score (nSPS) is 10.8. The van der Waals surface area contributed by atoms with Gasteiger partial charge in [0.25, 0.3) is 0 Å². The van der Waals surface area contributed by atoms with Crippen LogP contribution in [0.2, 0.25) is 0 Å². The van der Waals surface area contributed by atoms with Crippen LogP contribution >= 0.6 is 15.9 Å². The Kier molecular flexibility index (Phi) is 2.95. The lowest BCUT2D eigenvalue weighted by atomic mass is 10.1. The number of nitrogens with zero attached hydrogens (tertiary/aromatic N) is 2. The largest absolute Gasteiger partial charge is 0.298 e. The molecular weight excluding hydrogens is 304 g/mol. The van der Waals surface area contributed by atoms with Crippen molar-refractivity contribution in [2.24, 2.45) is 0 Å². The van der Waals surface area contributed by atoms with Gasteiger partial charge in [0.05, 0.1) is 5.52 Å². The Labute approximate surface area is 119 Å². The van der Waals surface area contributed by atoms with E-state index in [9.17, 15) is 4.79 Å². The SMILES string of the molecule is Cc1ccccc1-c1nc(C=O)c2c(Br)cccn12. The molecule has 0 unspecified atom stereocenters. The number of halogens is 1. The van der Waals surface area contributed by atoms with Gasteiger partial charge in [-0.3, -0.25) is 9.20 Å². The number of hydrogen-bond donors (Lipinski definition) is 0. The number of carbonyl (C=O) groups is 1. The van der Waals surface area contributed by atoms with E-state index in [1.165, 1.54) is 0 Å². The molecule has 0 amide bonds. The van der Waals surface area contributed by atoms with Crippen LogP contribution in [0.15, 0.2) is 47.1 Å². The number of benzene rings is 1. The van der Waals surface area contributed by atoms with Crippen molar-refractivity contribution in [1.82, 2.24) is 9.38 Å². The predicted molar refractivity (Wildman–Crippen MR) is 78.5 cm³/mol. The molecule has 0 N–H and O–H groups in total. The molecule has 0 radical (unpaired) electrons. The molecule has 0 saturated carbocycles. The summed E-state index contributed by atoms with van der Waals surface area (Å²) >= 11 is 3.47. The molecule has 0 aliphatic rings. The molecule has 0 spiro atoms. The van der Waals surface area contributed by atoms with Crippen LogP contribution in [0.1, 0.15) is 16.1 Å². The van der Waals surface area contributed by atoms with Crippen LogP contribution in [0.3, 0.4) is 0 Å². The number of pyridine rings is 1. The highest BCUT2D eigenvalue weighted by Gasteiger charge is 2.15. The molecule has 0 fully saturated rings. The second kappa shape index (κ2) is 4.63. The number of carbonyl (C=O) groups excluding carboxylic acids is 1. The van der Waals surface area contributed by atoms with Gasteiger partial charge in [0, 0.05) is 16.2 Å². The second-order valence-corrected chi connectivity index (χ2v) is 5.18. The third kappa shape index (κ3) is 1.88. The Morgan fingerprint density at radius 1 is 1.21 bits per heavy atom. The first-order valence-corrected chi connectivity index (χ1v) is 6.69. The zero-order valence-corrected chi connectivity index (χ0v) is 11.9. The number of imidazole rings is 1. The Bertz CT molecular complexity index is 777. The zero-order valence-electron chi connectivity index (χ0n) is 10.3. The number of aromatic nitrogens is 2. The monoisotopic (exact) mass is 314 g/mol. The van der Waals surface area contributed by atoms with Gasteiger partial charge in [0.2, 0.25) is 0 Å². The van der Waals surface area contributed by atoms with Gasteiger partial charge in [-0.15, -0.1) is 0 Å². The van der Waals surface area contributed by atoms with Gasteiger partial charge in [-0.1, -0.05) is 24.3 Å². The van der Waals surface area contributed by atoms with E-state index in [2.05, 4.69) is 20.9 Å². The molecule has 3 aromatic rings. The topological polar surface area (TPSA) is 34.4 Å². The van der Waals surface area contributed by atoms with Crippen molar-refractivity contribution >= 4 is 27.7 Å². The van der Waals surface area contributed by atoms with E-state index in [4.69, 9.17) is 0 Å². The van der Waals surface area contributed by atoms with E-state index in [1.54, 1.807) is 0 Å². The summed E-state index contributed by atoms with van der Waals surface area (Å²) in [7, 11) is 0. The van der Waals surface area contributed by atoms with Gasteiger partial charge in [-0.2, -0.15) is 0 Å². The maximum absolute atomic E-state index is 11.2. The summed E-state index contributed by atoms with van der Waals surface area (Å²) in [5.41, 5.74) is 3.41. The van der Waals surface area contributed by atoms with Crippen LogP contribution in [0, 0.1) is 6.92 Å². The number of hydrogen-bond acceptors (Lipinski definition) is 2. The molecule has 3 nitrogen and oxygen atoms in total. The lowest BCUT2D eigenvalue weighted by Crippen LogP contribution is -1.91. The van der Waals surface area contributed by atoms with Crippen LogP contribution in [0.4, 0.5) is 0 Å². The highest BCUT2D eigenvalue weighted by atomic mass is 79.9. The molecule has 1 aromatic carbocycles. The van der Waals surface area contributed by atoms with E-state index < -0.39 is 0 Å². The Balaban J connectivity index is 2.41. The van der Waals surface area contributed by atoms with Gasteiger partial charge in [0.15, 0.2) is 6.29 Å². The molecule has 0 atom stereocenters. The first-order chi connectivity index (χ1) is 9.22. The molecular formula is C15H11BrN2O. The molecule has 2 aromatic heterocycles. The fourth-order valence-corrected chi connectivity index (χ4v) is 2.77. The van der Waals surface area contributed by atoms with Crippen LogP contribution in [-0.4, -0.2) is 15.7 Å². The first-order valence-electron chi connectivity index (χ1n) is 5.90. The van der Waals surface area contributed by atoms with Gasteiger partial charge in [-0.05, 0) is 40.5 Å². The lowest BCUT2D eigenvalue weighted by Gasteiger charge is -2.05. The summed E-state index contributed by atoms with van der Waals surface area (Å²) in [6, 6.07) is 11.8. The summed E-state index contributed by atoms with van der Waals surface area (Å²) < 4.78 is 2.81. The second-order valence-electron chi connectivity index (χ2n) is 4.33. The number of fused-ring (bicyclic) bond motifs is 1. The van der Waals surface area contributed by atoms with Gasteiger partial charge >= 0.3 is 0 Å². The minimum absolute atomic E-state index is 0.450. The zero-order chi connectivity index (χ0) is 13.4.